The third-order valence-corrected chi connectivity index (χ3v) is 5.83. The number of nitrogens with one attached hydrogen (secondary N) is 2. The van der Waals surface area contributed by atoms with Crippen molar-refractivity contribution in [1.29, 1.82) is 0 Å². The first-order valence-electron chi connectivity index (χ1n) is 8.21. The smallest absolute Gasteiger partial charge is 0.0934 e. The molecular formula is C18H26N2O. The molecule has 3 N–H and O–H groups in total. The number of rotatable bonds is 3. The summed E-state index contributed by atoms with van der Waals surface area (Å²) in [7, 11) is 0. The summed E-state index contributed by atoms with van der Waals surface area (Å²) in [5.41, 5.74) is 4.27. The molecule has 2 aliphatic carbocycles. The minimum Gasteiger partial charge on any atom is -0.387 e. The average Bonchev–Trinajstić information content (AvgIpc) is 2.87. The second kappa shape index (κ2) is 4.02. The lowest BCUT2D eigenvalue weighted by atomic mass is 9.52. The van der Waals surface area contributed by atoms with E-state index in [1.54, 1.807) is 0 Å². The van der Waals surface area contributed by atoms with Crippen molar-refractivity contribution in [3.63, 3.8) is 0 Å². The Morgan fingerprint density at radius 1 is 1.33 bits per heavy atom. The van der Waals surface area contributed by atoms with Gasteiger partial charge in [-0.3, -0.25) is 0 Å². The van der Waals surface area contributed by atoms with Gasteiger partial charge < -0.3 is 15.7 Å². The Hall–Kier alpha value is -1.06. The van der Waals surface area contributed by atoms with Gasteiger partial charge in [0.15, 0.2) is 0 Å². The normalized spacial score (nSPS) is 37.6. The fourth-order valence-electron chi connectivity index (χ4n) is 4.44. The molecule has 0 saturated heterocycles. The molecule has 0 aromatic rings. The van der Waals surface area contributed by atoms with Crippen molar-refractivity contribution in [3.05, 3.63) is 35.1 Å². The lowest BCUT2D eigenvalue weighted by molar-refractivity contribution is 0.0582. The molecule has 3 atom stereocenters. The minimum atomic E-state index is -0.450. The molecule has 4 aliphatic rings. The Labute approximate surface area is 127 Å². The van der Waals surface area contributed by atoms with E-state index in [2.05, 4.69) is 49.6 Å². The van der Waals surface area contributed by atoms with Crippen LogP contribution in [-0.2, 0) is 0 Å². The topological polar surface area (TPSA) is 44.3 Å². The maximum Gasteiger partial charge on any atom is 0.0934 e. The highest BCUT2D eigenvalue weighted by Crippen LogP contribution is 2.63. The van der Waals surface area contributed by atoms with Gasteiger partial charge in [0.1, 0.15) is 0 Å². The van der Waals surface area contributed by atoms with Gasteiger partial charge >= 0.3 is 0 Å². The van der Waals surface area contributed by atoms with Crippen LogP contribution in [0.25, 0.3) is 0 Å². The van der Waals surface area contributed by atoms with E-state index >= 15 is 0 Å². The van der Waals surface area contributed by atoms with Crippen molar-refractivity contribution in [2.75, 3.05) is 6.54 Å². The number of β-amino-alcohol motifs (C(OH)–C–C–N with tert-alkyl or cyclic N) is 1. The number of fused-ring (bicyclic) bond motifs is 2. The van der Waals surface area contributed by atoms with Crippen LogP contribution in [0, 0.1) is 5.41 Å². The Morgan fingerprint density at radius 2 is 2.14 bits per heavy atom. The molecular weight excluding hydrogens is 260 g/mol. The second-order valence-electron chi connectivity index (χ2n) is 8.23. The zero-order chi connectivity index (χ0) is 14.9. The van der Waals surface area contributed by atoms with E-state index in [0.29, 0.717) is 12.0 Å². The molecule has 2 spiro atoms. The fraction of sp³-hybridized carbons (Fsp3) is 0.667. The van der Waals surface area contributed by atoms with Crippen LogP contribution in [0.4, 0.5) is 0 Å². The molecule has 21 heavy (non-hydrogen) atoms. The van der Waals surface area contributed by atoms with E-state index in [9.17, 15) is 5.11 Å². The van der Waals surface area contributed by atoms with Crippen LogP contribution in [0.5, 0.6) is 0 Å². The highest BCUT2D eigenvalue weighted by atomic mass is 16.3. The zero-order valence-electron chi connectivity index (χ0n) is 13.3. The van der Waals surface area contributed by atoms with E-state index in [0.717, 1.165) is 12.0 Å². The number of hydrogen-bond donors (Lipinski definition) is 3. The summed E-state index contributed by atoms with van der Waals surface area (Å²) in [5, 5.41) is 17.8. The van der Waals surface area contributed by atoms with Gasteiger partial charge in [-0.25, -0.2) is 0 Å². The number of dihydropyridines is 1. The molecule has 0 radical (unpaired) electrons. The van der Waals surface area contributed by atoms with Crippen LogP contribution in [0.1, 0.15) is 46.5 Å². The van der Waals surface area contributed by atoms with Crippen molar-refractivity contribution in [2.45, 2.75) is 63.6 Å². The van der Waals surface area contributed by atoms with Gasteiger partial charge in [-0.1, -0.05) is 18.2 Å². The predicted molar refractivity (Wildman–Crippen MR) is 84.8 cm³/mol. The highest BCUT2D eigenvalue weighted by molar-refractivity contribution is 5.56. The van der Waals surface area contributed by atoms with Gasteiger partial charge in [0.2, 0.25) is 0 Å². The van der Waals surface area contributed by atoms with Crippen LogP contribution < -0.4 is 10.6 Å². The third kappa shape index (κ3) is 1.80. The minimum absolute atomic E-state index is 0.0293. The summed E-state index contributed by atoms with van der Waals surface area (Å²) in [6.45, 7) is 6.98. The molecule has 2 aliphatic heterocycles. The zero-order valence-corrected chi connectivity index (χ0v) is 13.3. The third-order valence-electron chi connectivity index (χ3n) is 5.83. The highest BCUT2D eigenvalue weighted by Gasteiger charge is 2.61. The van der Waals surface area contributed by atoms with Gasteiger partial charge in [-0.2, -0.15) is 0 Å². The number of hydrogen-bond acceptors (Lipinski definition) is 3. The molecule has 0 aromatic carbocycles. The molecule has 114 valence electrons. The Kier molecular flexibility index (Phi) is 2.60. The Morgan fingerprint density at radius 3 is 2.81 bits per heavy atom. The molecule has 1 fully saturated rings. The van der Waals surface area contributed by atoms with Crippen molar-refractivity contribution in [1.82, 2.24) is 10.6 Å². The van der Waals surface area contributed by atoms with Gasteiger partial charge in [-0.15, -0.1) is 0 Å². The lowest BCUT2D eigenvalue weighted by Crippen LogP contribution is -2.65. The summed E-state index contributed by atoms with van der Waals surface area (Å²) in [4.78, 5) is 0. The monoisotopic (exact) mass is 286 g/mol. The van der Waals surface area contributed by atoms with Gasteiger partial charge in [0.25, 0.3) is 0 Å². The predicted octanol–water partition coefficient (Wildman–Crippen LogP) is 2.40. The molecule has 2 unspecified atom stereocenters. The number of aliphatic hydroxyl groups excluding tert-OH is 1. The van der Waals surface area contributed by atoms with Gasteiger partial charge in [-0.05, 0) is 52.0 Å². The molecule has 0 amide bonds. The maximum atomic E-state index is 10.6. The SMILES string of the molecule is CC(C)(C)NC[C@H](O)C1=C2NC3(C=C1)CCC31C=C2CC1. The Bertz CT molecular complexity index is 581. The number of aliphatic hydroxyl groups is 1. The Balaban J connectivity index is 1.63. The summed E-state index contributed by atoms with van der Waals surface area (Å²) < 4.78 is 0. The summed E-state index contributed by atoms with van der Waals surface area (Å²) in [5.74, 6) is 0. The van der Waals surface area contributed by atoms with E-state index in [1.807, 2.05) is 0 Å². The molecule has 4 rings (SSSR count). The summed E-state index contributed by atoms with van der Waals surface area (Å²) in [6.07, 6.45) is 11.5. The molecule has 1 saturated carbocycles. The van der Waals surface area contributed by atoms with E-state index in [-0.39, 0.29) is 11.1 Å². The van der Waals surface area contributed by atoms with Crippen molar-refractivity contribution < 1.29 is 5.11 Å². The van der Waals surface area contributed by atoms with Crippen LogP contribution in [-0.4, -0.2) is 28.8 Å². The maximum absolute atomic E-state index is 10.6. The van der Waals surface area contributed by atoms with Gasteiger partial charge in [0, 0.05) is 28.8 Å². The average molecular weight is 286 g/mol. The first-order chi connectivity index (χ1) is 9.84. The van der Waals surface area contributed by atoms with Gasteiger partial charge in [0.05, 0.1) is 11.6 Å². The van der Waals surface area contributed by atoms with Crippen molar-refractivity contribution in [2.24, 2.45) is 5.41 Å². The van der Waals surface area contributed by atoms with Crippen LogP contribution >= 0.6 is 0 Å². The molecule has 2 heterocycles. The largest absolute Gasteiger partial charge is 0.387 e. The van der Waals surface area contributed by atoms with Crippen LogP contribution in [0.15, 0.2) is 35.1 Å². The van der Waals surface area contributed by atoms with E-state index < -0.39 is 6.10 Å². The molecule has 3 nitrogen and oxygen atoms in total. The summed E-state index contributed by atoms with van der Waals surface area (Å²) >= 11 is 0. The standard InChI is InChI=1S/C18H26N2O/c1-16(2,3)19-11-14(21)13-5-7-18-9-8-17(18)6-4-12(10-17)15(13)20-18/h5,7,10,14,19-21H,4,6,8-9,11H2,1-3H3/t14-,17?,18?/m0/s1. The van der Waals surface area contributed by atoms with Crippen molar-refractivity contribution >= 4 is 0 Å². The quantitative estimate of drug-likeness (QED) is 0.746. The van der Waals surface area contributed by atoms with Crippen LogP contribution in [0.2, 0.25) is 0 Å². The van der Waals surface area contributed by atoms with Crippen LogP contribution in [0.3, 0.4) is 0 Å². The molecule has 4 bridgehead atoms. The fourth-order valence-corrected chi connectivity index (χ4v) is 4.44. The lowest BCUT2D eigenvalue weighted by Gasteiger charge is -2.59. The number of allylic oxidation sites excluding steroid dienone is 1. The van der Waals surface area contributed by atoms with E-state index in [1.165, 1.54) is 30.5 Å². The summed E-state index contributed by atoms with van der Waals surface area (Å²) in [6, 6.07) is 0. The van der Waals surface area contributed by atoms with E-state index in [4.69, 9.17) is 0 Å². The molecule has 3 heteroatoms. The van der Waals surface area contributed by atoms with Crippen molar-refractivity contribution in [3.8, 4) is 0 Å². The first-order valence-corrected chi connectivity index (χ1v) is 8.21. The molecule has 0 aromatic heterocycles. The first kappa shape index (κ1) is 13.6. The second-order valence-corrected chi connectivity index (χ2v) is 8.23.